The second kappa shape index (κ2) is 7.17. The van der Waals surface area contributed by atoms with E-state index in [2.05, 4.69) is 69.2 Å². The van der Waals surface area contributed by atoms with Crippen molar-refractivity contribution >= 4 is 47.1 Å². The Morgan fingerprint density at radius 3 is 2.79 bits per heavy atom. The monoisotopic (exact) mass is 472 g/mol. The maximum absolute atomic E-state index is 4.69. The third-order valence-corrected chi connectivity index (χ3v) is 7.79. The van der Waals surface area contributed by atoms with Crippen molar-refractivity contribution in [3.8, 4) is 11.1 Å². The molecule has 4 aromatic rings. The zero-order chi connectivity index (χ0) is 19.1. The molecule has 2 radical (unpaired) electrons. The number of fused-ring (bicyclic) bond motifs is 2. The molecule has 4 nitrogen and oxygen atoms in total. The van der Waals surface area contributed by atoms with Gasteiger partial charge in [-0.05, 0) is 0 Å². The van der Waals surface area contributed by atoms with Gasteiger partial charge >= 0.3 is 175 Å². The zero-order valence-corrected chi connectivity index (χ0v) is 18.8. The van der Waals surface area contributed by atoms with Crippen molar-refractivity contribution in [3.63, 3.8) is 0 Å². The van der Waals surface area contributed by atoms with Crippen molar-refractivity contribution in [3.05, 3.63) is 72.3 Å². The second-order valence-electron chi connectivity index (χ2n) is 7.18. The average Bonchev–Trinajstić information content (AvgIpc) is 3.15. The summed E-state index contributed by atoms with van der Waals surface area (Å²) < 4.78 is 1.41. The van der Waals surface area contributed by atoms with Crippen molar-refractivity contribution in [2.45, 2.75) is 18.3 Å². The van der Waals surface area contributed by atoms with Crippen molar-refractivity contribution in [2.75, 3.05) is 11.4 Å². The van der Waals surface area contributed by atoms with Crippen LogP contribution in [0.5, 0.6) is 0 Å². The number of nitrogens with zero attached hydrogens (tertiary/aromatic N) is 4. The van der Waals surface area contributed by atoms with Crippen LogP contribution in [0.25, 0.3) is 22.0 Å². The van der Waals surface area contributed by atoms with Crippen molar-refractivity contribution in [2.24, 2.45) is 0 Å². The molecule has 0 aliphatic carbocycles. The number of pyridine rings is 1. The van der Waals surface area contributed by atoms with Gasteiger partial charge in [-0.15, -0.1) is 0 Å². The fraction of sp³-hybridized carbons (Fsp3) is 0.174. The summed E-state index contributed by atoms with van der Waals surface area (Å²) in [6.07, 6.45) is 6.69. The Bertz CT molecular complexity index is 1190. The minimum absolute atomic E-state index is 0.498. The molecule has 0 amide bonds. The van der Waals surface area contributed by atoms with Crippen molar-refractivity contribution in [1.82, 2.24) is 15.0 Å². The Labute approximate surface area is 174 Å². The molecule has 28 heavy (non-hydrogen) atoms. The Morgan fingerprint density at radius 1 is 0.964 bits per heavy atom. The van der Waals surface area contributed by atoms with Gasteiger partial charge in [0, 0.05) is 0 Å². The first-order valence-corrected chi connectivity index (χ1v) is 13.8. The molecule has 1 aliphatic heterocycles. The summed E-state index contributed by atoms with van der Waals surface area (Å²) in [5.41, 5.74) is 7.26. The number of rotatable bonds is 3. The van der Waals surface area contributed by atoms with Crippen LogP contribution in [0.1, 0.15) is 11.1 Å². The molecule has 136 valence electrons. The number of aryl methyl sites for hydroxylation is 1. The summed E-state index contributed by atoms with van der Waals surface area (Å²) in [6.45, 7) is 3.10. The second-order valence-corrected chi connectivity index (χ2v) is 10.3. The van der Waals surface area contributed by atoms with Crippen LogP contribution in [0.3, 0.4) is 0 Å². The van der Waals surface area contributed by atoms with E-state index in [0.717, 1.165) is 29.7 Å². The molecule has 2 aromatic carbocycles. The van der Waals surface area contributed by atoms with Crippen LogP contribution in [0.15, 0.2) is 61.2 Å². The van der Waals surface area contributed by atoms with E-state index in [-0.39, 0.29) is 0 Å². The van der Waals surface area contributed by atoms with E-state index in [9.17, 15) is 0 Å². The summed E-state index contributed by atoms with van der Waals surface area (Å²) in [4.78, 5) is 18.3. The summed E-state index contributed by atoms with van der Waals surface area (Å²) >= 11 is -0.498. The topological polar surface area (TPSA) is 41.9 Å². The molecule has 2 aromatic heterocycles. The molecule has 0 fully saturated rings. The molecule has 0 N–H and O–H groups in total. The molecule has 5 rings (SSSR count). The van der Waals surface area contributed by atoms with Gasteiger partial charge < -0.3 is 0 Å². The van der Waals surface area contributed by atoms with E-state index in [1.807, 2.05) is 12.4 Å². The van der Waals surface area contributed by atoms with E-state index in [1.54, 1.807) is 6.33 Å². The average molecular weight is 471 g/mol. The Kier molecular flexibility index (Phi) is 4.51. The van der Waals surface area contributed by atoms with Gasteiger partial charge in [0.1, 0.15) is 0 Å². The van der Waals surface area contributed by atoms with Gasteiger partial charge in [0.05, 0.1) is 0 Å². The first-order valence-electron chi connectivity index (χ1n) is 9.48. The fourth-order valence-electron chi connectivity index (χ4n) is 3.88. The van der Waals surface area contributed by atoms with Gasteiger partial charge in [0.15, 0.2) is 0 Å². The Hall–Kier alpha value is -2.47. The molecular weight excluding hydrogens is 451 g/mol. The van der Waals surface area contributed by atoms with E-state index in [0.29, 0.717) is 0 Å². The molecule has 0 unspecified atom stereocenters. The molecule has 0 spiro atoms. The summed E-state index contributed by atoms with van der Waals surface area (Å²) in [6, 6.07) is 15.4. The third kappa shape index (κ3) is 3.05. The molecule has 3 heterocycles. The standard InChI is InChI=1S/C22H17N4.CH3.Sn/c1-15-4-5-16-8-10-26(21(16)11-15)22-19-12-17(18-3-2-9-23-13-18)6-7-20(19)24-14-25-22;;/h3-7,9,11-14H,8,10H2,1H3;1H3;. The van der Waals surface area contributed by atoms with E-state index < -0.39 is 21.1 Å². The van der Waals surface area contributed by atoms with E-state index in [4.69, 9.17) is 4.98 Å². The molecule has 0 saturated carbocycles. The van der Waals surface area contributed by atoms with Crippen molar-refractivity contribution in [1.29, 1.82) is 0 Å². The van der Waals surface area contributed by atoms with Crippen LogP contribution in [-0.4, -0.2) is 42.6 Å². The van der Waals surface area contributed by atoms with Crippen LogP contribution < -0.4 is 8.48 Å². The number of anilines is 2. The van der Waals surface area contributed by atoms with E-state index in [1.165, 1.54) is 31.5 Å². The Morgan fingerprint density at radius 2 is 1.89 bits per heavy atom. The van der Waals surface area contributed by atoms with Gasteiger partial charge in [-0.2, -0.15) is 0 Å². The van der Waals surface area contributed by atoms with Gasteiger partial charge in [0.25, 0.3) is 0 Å². The van der Waals surface area contributed by atoms with Crippen molar-refractivity contribution < 1.29 is 0 Å². The predicted octanol–water partition coefficient (Wildman–Crippen LogP) is 4.07. The first-order chi connectivity index (χ1) is 13.7. The maximum atomic E-state index is 4.69. The third-order valence-electron chi connectivity index (χ3n) is 5.37. The fourth-order valence-corrected chi connectivity index (χ4v) is 5.32. The quantitative estimate of drug-likeness (QED) is 0.423. The number of hydrogen-bond donors (Lipinski definition) is 0. The van der Waals surface area contributed by atoms with Crippen LogP contribution in [0.2, 0.25) is 4.94 Å². The molecule has 0 atom stereocenters. The Balaban J connectivity index is 1.66. The van der Waals surface area contributed by atoms with Gasteiger partial charge in [-0.3, -0.25) is 0 Å². The van der Waals surface area contributed by atoms with Gasteiger partial charge in [0.2, 0.25) is 0 Å². The van der Waals surface area contributed by atoms with Crippen LogP contribution in [0, 0.1) is 6.92 Å². The SMILES string of the molecule is [CH3][Sn][c]1cncc(-c2ccc3ncnc(N4CCc5ccc(C)cc54)c3c2)c1. The predicted molar refractivity (Wildman–Crippen MR) is 116 cm³/mol. The van der Waals surface area contributed by atoms with Gasteiger partial charge in [-0.25, -0.2) is 0 Å². The first kappa shape index (κ1) is 17.6. The molecule has 1 aliphatic rings. The molecule has 5 heteroatoms. The number of benzene rings is 2. The van der Waals surface area contributed by atoms with Gasteiger partial charge in [-0.1, -0.05) is 0 Å². The normalized spacial score (nSPS) is 13.1. The molecule has 0 saturated heterocycles. The summed E-state index contributed by atoms with van der Waals surface area (Å²) in [5, 5.41) is 1.09. The minimum atomic E-state index is -0.498. The van der Waals surface area contributed by atoms with Crippen LogP contribution in [-0.2, 0) is 6.42 Å². The zero-order valence-electron chi connectivity index (χ0n) is 16.0. The van der Waals surface area contributed by atoms with E-state index >= 15 is 0 Å². The molecule has 0 bridgehead atoms. The molecular formula is C23H20N4Sn. The number of aromatic nitrogens is 3. The van der Waals surface area contributed by atoms with Crippen LogP contribution >= 0.6 is 0 Å². The summed E-state index contributed by atoms with van der Waals surface area (Å²) in [5.74, 6) is 0.993. The summed E-state index contributed by atoms with van der Waals surface area (Å²) in [7, 11) is 0. The number of hydrogen-bond acceptors (Lipinski definition) is 4. The van der Waals surface area contributed by atoms with Crippen LogP contribution in [0.4, 0.5) is 11.5 Å².